The molecule has 1 heterocycles. The number of carbonyl (C=O) groups is 1. The highest BCUT2D eigenvalue weighted by Crippen LogP contribution is 2.33. The second-order valence-electron chi connectivity index (χ2n) is 5.54. The van der Waals surface area contributed by atoms with Gasteiger partial charge in [-0.1, -0.05) is 35.0 Å². The minimum Gasteiger partial charge on any atom is -0.494 e. The molecule has 0 spiro atoms. The molecular formula is C18H14ClN3O5. The first kappa shape index (κ1) is 18.4. The lowest BCUT2D eigenvalue weighted by atomic mass is 10.1. The number of hydrogen-bond donors (Lipinski definition) is 1. The largest absolute Gasteiger partial charge is 0.494 e. The van der Waals surface area contributed by atoms with Crippen LogP contribution in [0.15, 0.2) is 47.0 Å². The van der Waals surface area contributed by atoms with E-state index in [1.54, 1.807) is 31.2 Å². The minimum atomic E-state index is -0.548. The van der Waals surface area contributed by atoms with Crippen LogP contribution in [0.4, 0.5) is 11.4 Å². The molecule has 2 aromatic carbocycles. The maximum Gasteiger partial charge on any atom is 0.273 e. The smallest absolute Gasteiger partial charge is 0.273 e. The first-order chi connectivity index (χ1) is 12.9. The fraction of sp³-hybridized carbons (Fsp3) is 0.111. The Labute approximate surface area is 158 Å². The van der Waals surface area contributed by atoms with E-state index in [-0.39, 0.29) is 22.7 Å². The third-order valence-electron chi connectivity index (χ3n) is 3.86. The number of rotatable bonds is 5. The van der Waals surface area contributed by atoms with Gasteiger partial charge < -0.3 is 14.6 Å². The molecule has 0 saturated carbocycles. The number of hydrogen-bond acceptors (Lipinski definition) is 6. The third kappa shape index (κ3) is 3.61. The summed E-state index contributed by atoms with van der Waals surface area (Å²) in [6.07, 6.45) is 0. The molecule has 8 nitrogen and oxygen atoms in total. The summed E-state index contributed by atoms with van der Waals surface area (Å²) in [5.41, 5.74) is 1.19. The SMILES string of the molecule is COc1cc([N+](=O)[O-])ccc1NC(=O)c1c(-c2ccccc2Cl)noc1C. The van der Waals surface area contributed by atoms with Gasteiger partial charge in [-0.3, -0.25) is 14.9 Å². The summed E-state index contributed by atoms with van der Waals surface area (Å²) < 4.78 is 10.3. The Hall–Kier alpha value is -3.39. The number of benzene rings is 2. The highest BCUT2D eigenvalue weighted by Gasteiger charge is 2.24. The highest BCUT2D eigenvalue weighted by molar-refractivity contribution is 6.33. The third-order valence-corrected chi connectivity index (χ3v) is 4.19. The van der Waals surface area contributed by atoms with E-state index in [9.17, 15) is 14.9 Å². The van der Waals surface area contributed by atoms with E-state index in [0.717, 1.165) is 0 Å². The van der Waals surface area contributed by atoms with E-state index in [1.165, 1.54) is 25.3 Å². The van der Waals surface area contributed by atoms with Crippen molar-refractivity contribution < 1.29 is 19.0 Å². The van der Waals surface area contributed by atoms with Gasteiger partial charge in [0.1, 0.15) is 22.8 Å². The zero-order valence-corrected chi connectivity index (χ0v) is 15.1. The van der Waals surface area contributed by atoms with Crippen LogP contribution >= 0.6 is 11.6 Å². The van der Waals surface area contributed by atoms with Crippen molar-refractivity contribution in [1.29, 1.82) is 0 Å². The number of amides is 1. The van der Waals surface area contributed by atoms with Gasteiger partial charge in [0, 0.05) is 11.6 Å². The van der Waals surface area contributed by atoms with E-state index >= 15 is 0 Å². The van der Waals surface area contributed by atoms with Crippen molar-refractivity contribution in [1.82, 2.24) is 5.16 Å². The van der Waals surface area contributed by atoms with Crippen LogP contribution in [0.25, 0.3) is 11.3 Å². The first-order valence-corrected chi connectivity index (χ1v) is 8.15. The van der Waals surface area contributed by atoms with Crippen LogP contribution in [0.3, 0.4) is 0 Å². The highest BCUT2D eigenvalue weighted by atomic mass is 35.5. The Morgan fingerprint density at radius 1 is 1.30 bits per heavy atom. The lowest BCUT2D eigenvalue weighted by molar-refractivity contribution is -0.384. The summed E-state index contributed by atoms with van der Waals surface area (Å²) in [7, 11) is 1.36. The molecule has 27 heavy (non-hydrogen) atoms. The van der Waals surface area contributed by atoms with Crippen molar-refractivity contribution in [2.75, 3.05) is 12.4 Å². The van der Waals surface area contributed by atoms with Gasteiger partial charge in [-0.15, -0.1) is 0 Å². The number of nitrogens with one attached hydrogen (secondary N) is 1. The summed E-state index contributed by atoms with van der Waals surface area (Å²) in [4.78, 5) is 23.2. The van der Waals surface area contributed by atoms with Gasteiger partial charge in [0.2, 0.25) is 0 Å². The maximum absolute atomic E-state index is 12.8. The van der Waals surface area contributed by atoms with Crippen molar-refractivity contribution in [2.24, 2.45) is 0 Å². The zero-order valence-electron chi connectivity index (χ0n) is 14.4. The van der Waals surface area contributed by atoms with Crippen LogP contribution in [0, 0.1) is 17.0 Å². The Bertz CT molecular complexity index is 1030. The number of nitro benzene ring substituents is 1. The molecule has 0 atom stereocenters. The van der Waals surface area contributed by atoms with Gasteiger partial charge in [0.25, 0.3) is 11.6 Å². The summed E-state index contributed by atoms with van der Waals surface area (Å²) in [6, 6.07) is 10.8. The van der Waals surface area contributed by atoms with Crippen molar-refractivity contribution in [2.45, 2.75) is 6.92 Å². The number of methoxy groups -OCH3 is 1. The molecule has 1 aromatic heterocycles. The number of aryl methyl sites for hydroxylation is 1. The molecule has 0 fully saturated rings. The van der Waals surface area contributed by atoms with E-state index in [1.807, 2.05) is 0 Å². The molecular weight excluding hydrogens is 374 g/mol. The number of ether oxygens (including phenoxy) is 1. The number of nitrogens with zero attached hydrogens (tertiary/aromatic N) is 2. The molecule has 1 amide bonds. The molecule has 9 heteroatoms. The quantitative estimate of drug-likeness (QED) is 0.511. The van der Waals surface area contributed by atoms with Crippen LogP contribution in [0.2, 0.25) is 5.02 Å². The molecule has 1 N–H and O–H groups in total. The van der Waals surface area contributed by atoms with Gasteiger partial charge in [-0.25, -0.2) is 0 Å². The number of aromatic nitrogens is 1. The summed E-state index contributed by atoms with van der Waals surface area (Å²) >= 11 is 6.20. The number of nitro groups is 1. The topological polar surface area (TPSA) is 108 Å². The van der Waals surface area contributed by atoms with E-state index in [0.29, 0.717) is 22.0 Å². The molecule has 0 aliphatic carbocycles. The summed E-state index contributed by atoms with van der Waals surface area (Å²) in [5, 5.41) is 17.9. The Morgan fingerprint density at radius 3 is 2.70 bits per heavy atom. The fourth-order valence-corrected chi connectivity index (χ4v) is 2.78. The van der Waals surface area contributed by atoms with Crippen molar-refractivity contribution in [3.63, 3.8) is 0 Å². The van der Waals surface area contributed by atoms with Crippen LogP contribution in [-0.2, 0) is 0 Å². The minimum absolute atomic E-state index is 0.150. The Morgan fingerprint density at radius 2 is 2.04 bits per heavy atom. The predicted molar refractivity (Wildman–Crippen MR) is 99.3 cm³/mol. The van der Waals surface area contributed by atoms with E-state index in [4.69, 9.17) is 20.9 Å². The van der Waals surface area contributed by atoms with Crippen LogP contribution in [-0.4, -0.2) is 23.1 Å². The normalized spacial score (nSPS) is 10.5. The average molecular weight is 388 g/mol. The molecule has 0 radical (unpaired) electrons. The fourth-order valence-electron chi connectivity index (χ4n) is 2.56. The van der Waals surface area contributed by atoms with Gasteiger partial charge in [-0.05, 0) is 19.1 Å². The van der Waals surface area contributed by atoms with Crippen LogP contribution in [0.5, 0.6) is 5.75 Å². The zero-order chi connectivity index (χ0) is 19.6. The number of halogens is 1. The van der Waals surface area contributed by atoms with Gasteiger partial charge in [0.15, 0.2) is 0 Å². The average Bonchev–Trinajstić information content (AvgIpc) is 3.03. The van der Waals surface area contributed by atoms with Crippen molar-refractivity contribution >= 4 is 28.9 Å². The second-order valence-corrected chi connectivity index (χ2v) is 5.95. The van der Waals surface area contributed by atoms with E-state index < -0.39 is 10.8 Å². The lowest BCUT2D eigenvalue weighted by Gasteiger charge is -2.10. The number of carbonyl (C=O) groups excluding carboxylic acids is 1. The maximum atomic E-state index is 12.8. The number of anilines is 1. The molecule has 3 rings (SSSR count). The molecule has 0 bridgehead atoms. The molecule has 0 saturated heterocycles. The lowest BCUT2D eigenvalue weighted by Crippen LogP contribution is -2.14. The van der Waals surface area contributed by atoms with Gasteiger partial charge in [-0.2, -0.15) is 0 Å². The van der Waals surface area contributed by atoms with Crippen LogP contribution in [0.1, 0.15) is 16.1 Å². The number of non-ortho nitro benzene ring substituents is 1. The molecule has 0 aliphatic heterocycles. The predicted octanol–water partition coefficient (Wildman–Crippen LogP) is 4.47. The van der Waals surface area contributed by atoms with E-state index in [2.05, 4.69) is 10.5 Å². The molecule has 138 valence electrons. The van der Waals surface area contributed by atoms with Crippen LogP contribution < -0.4 is 10.1 Å². The van der Waals surface area contributed by atoms with Gasteiger partial charge >= 0.3 is 0 Å². The molecule has 0 unspecified atom stereocenters. The molecule has 3 aromatic rings. The standard InChI is InChI=1S/C18H14ClN3O5/c1-10-16(17(21-27-10)12-5-3-4-6-13(12)19)18(23)20-14-8-7-11(22(24)25)9-15(14)26-2/h3-9H,1-2H3,(H,20,23). The monoisotopic (exact) mass is 387 g/mol. The summed E-state index contributed by atoms with van der Waals surface area (Å²) in [6.45, 7) is 1.61. The Kier molecular flexibility index (Phi) is 5.09. The first-order valence-electron chi connectivity index (χ1n) is 7.77. The Balaban J connectivity index is 1.98. The second kappa shape index (κ2) is 7.46. The summed E-state index contributed by atoms with van der Waals surface area (Å²) in [5.74, 6) is -0.0370. The van der Waals surface area contributed by atoms with Crippen molar-refractivity contribution in [3.8, 4) is 17.0 Å². The van der Waals surface area contributed by atoms with Crippen molar-refractivity contribution in [3.05, 3.63) is 68.9 Å². The van der Waals surface area contributed by atoms with Gasteiger partial charge in [0.05, 0.1) is 28.8 Å². The molecule has 0 aliphatic rings.